The molecule has 2 aromatic rings. The molecule has 0 spiro atoms. The monoisotopic (exact) mass is 429 g/mol. The van der Waals surface area contributed by atoms with E-state index in [1.807, 2.05) is 29.9 Å². The van der Waals surface area contributed by atoms with Gasteiger partial charge in [0.15, 0.2) is 5.96 Å². The van der Waals surface area contributed by atoms with E-state index < -0.39 is 0 Å². The first kappa shape index (κ1) is 19.3. The molecule has 0 radical (unpaired) electrons. The van der Waals surface area contributed by atoms with Crippen molar-refractivity contribution >= 4 is 29.9 Å². The molecule has 0 bridgehead atoms. The number of rotatable bonds is 6. The first-order valence-electron chi connectivity index (χ1n) is 7.27. The summed E-state index contributed by atoms with van der Waals surface area (Å²) in [4.78, 5) is 4.22. The number of benzene rings is 1. The first-order chi connectivity index (χ1) is 10.7. The molecule has 0 aliphatic carbocycles. The van der Waals surface area contributed by atoms with Crippen LogP contribution in [0.5, 0.6) is 5.75 Å². The number of methoxy groups -OCH3 is 1. The van der Waals surface area contributed by atoms with Crippen molar-refractivity contribution < 1.29 is 4.74 Å². The lowest BCUT2D eigenvalue weighted by molar-refractivity contribution is 0.414. The predicted molar refractivity (Wildman–Crippen MR) is 104 cm³/mol. The number of aryl methyl sites for hydroxylation is 1. The van der Waals surface area contributed by atoms with Gasteiger partial charge in [-0.3, -0.25) is 9.67 Å². The summed E-state index contributed by atoms with van der Waals surface area (Å²) >= 11 is 0. The third kappa shape index (κ3) is 6.09. The van der Waals surface area contributed by atoms with E-state index in [0.29, 0.717) is 6.54 Å². The Balaban J connectivity index is 0.00000264. The lowest BCUT2D eigenvalue weighted by atomic mass is 10.1. The van der Waals surface area contributed by atoms with E-state index in [4.69, 9.17) is 4.74 Å². The van der Waals surface area contributed by atoms with E-state index in [2.05, 4.69) is 32.9 Å². The van der Waals surface area contributed by atoms with Crippen LogP contribution in [0.4, 0.5) is 0 Å². The van der Waals surface area contributed by atoms with Crippen molar-refractivity contribution in [1.82, 2.24) is 20.4 Å². The molecule has 23 heavy (non-hydrogen) atoms. The van der Waals surface area contributed by atoms with Gasteiger partial charge in [-0.25, -0.2) is 0 Å². The minimum Gasteiger partial charge on any atom is -0.497 e. The summed E-state index contributed by atoms with van der Waals surface area (Å²) in [5.74, 6) is 1.67. The van der Waals surface area contributed by atoms with Gasteiger partial charge in [0.2, 0.25) is 0 Å². The zero-order valence-electron chi connectivity index (χ0n) is 13.7. The van der Waals surface area contributed by atoms with Gasteiger partial charge in [-0.15, -0.1) is 24.0 Å². The topological polar surface area (TPSA) is 63.5 Å². The Morgan fingerprint density at radius 3 is 2.52 bits per heavy atom. The van der Waals surface area contributed by atoms with Gasteiger partial charge in [0, 0.05) is 26.8 Å². The van der Waals surface area contributed by atoms with Crippen molar-refractivity contribution in [3.05, 3.63) is 47.8 Å². The standard InChI is InChI=1S/C16H23N5O.HI/c1-17-16(19-12-14-9-11-20-21(14)2)18-10-8-13-4-6-15(22-3)7-5-13;/h4-7,9,11H,8,10,12H2,1-3H3,(H2,17,18,19);1H. The van der Waals surface area contributed by atoms with E-state index in [1.165, 1.54) is 5.56 Å². The van der Waals surface area contributed by atoms with E-state index in [9.17, 15) is 0 Å². The summed E-state index contributed by atoms with van der Waals surface area (Å²) in [7, 11) is 5.37. The largest absolute Gasteiger partial charge is 0.497 e. The van der Waals surface area contributed by atoms with Crippen LogP contribution in [0, 0.1) is 0 Å². The molecule has 6 nitrogen and oxygen atoms in total. The number of hydrogen-bond donors (Lipinski definition) is 2. The molecule has 2 N–H and O–H groups in total. The lowest BCUT2D eigenvalue weighted by Gasteiger charge is -2.12. The van der Waals surface area contributed by atoms with Crippen LogP contribution < -0.4 is 15.4 Å². The predicted octanol–water partition coefficient (Wildman–Crippen LogP) is 1.95. The number of ether oxygens (including phenoxy) is 1. The third-order valence-corrected chi connectivity index (χ3v) is 3.45. The second-order valence-corrected chi connectivity index (χ2v) is 4.90. The van der Waals surface area contributed by atoms with Crippen LogP contribution in [0.25, 0.3) is 0 Å². The van der Waals surface area contributed by atoms with E-state index in [1.54, 1.807) is 20.4 Å². The normalized spacial score (nSPS) is 10.8. The fourth-order valence-electron chi connectivity index (χ4n) is 2.09. The quantitative estimate of drug-likeness (QED) is 0.419. The second-order valence-electron chi connectivity index (χ2n) is 4.90. The highest BCUT2D eigenvalue weighted by Crippen LogP contribution is 2.11. The molecule has 1 heterocycles. The number of aromatic nitrogens is 2. The van der Waals surface area contributed by atoms with Gasteiger partial charge in [-0.05, 0) is 30.2 Å². The molecule has 0 aliphatic heterocycles. The van der Waals surface area contributed by atoms with Crippen molar-refractivity contribution in [2.75, 3.05) is 20.7 Å². The van der Waals surface area contributed by atoms with Crippen LogP contribution in [0.15, 0.2) is 41.5 Å². The maximum absolute atomic E-state index is 5.15. The minimum absolute atomic E-state index is 0. The Morgan fingerprint density at radius 1 is 1.22 bits per heavy atom. The Morgan fingerprint density at radius 2 is 1.96 bits per heavy atom. The number of nitrogens with zero attached hydrogens (tertiary/aromatic N) is 3. The van der Waals surface area contributed by atoms with E-state index in [0.717, 1.165) is 30.4 Å². The second kappa shape index (κ2) is 10.1. The van der Waals surface area contributed by atoms with Crippen LogP contribution in [0.2, 0.25) is 0 Å². The van der Waals surface area contributed by atoms with Gasteiger partial charge in [-0.2, -0.15) is 5.10 Å². The van der Waals surface area contributed by atoms with Gasteiger partial charge in [0.1, 0.15) is 5.75 Å². The third-order valence-electron chi connectivity index (χ3n) is 3.45. The van der Waals surface area contributed by atoms with Gasteiger partial charge < -0.3 is 15.4 Å². The van der Waals surface area contributed by atoms with Crippen molar-refractivity contribution in [2.45, 2.75) is 13.0 Å². The van der Waals surface area contributed by atoms with Gasteiger partial charge >= 0.3 is 0 Å². The van der Waals surface area contributed by atoms with Crippen LogP contribution >= 0.6 is 24.0 Å². The van der Waals surface area contributed by atoms with Crippen molar-refractivity contribution in [3.63, 3.8) is 0 Å². The van der Waals surface area contributed by atoms with Crippen LogP contribution in [0.3, 0.4) is 0 Å². The average Bonchev–Trinajstić information content (AvgIpc) is 2.96. The maximum atomic E-state index is 5.15. The van der Waals surface area contributed by atoms with Gasteiger partial charge in [0.25, 0.3) is 0 Å². The summed E-state index contributed by atoms with van der Waals surface area (Å²) < 4.78 is 7.00. The average molecular weight is 429 g/mol. The highest BCUT2D eigenvalue weighted by molar-refractivity contribution is 14.0. The molecular weight excluding hydrogens is 405 g/mol. The Bertz CT molecular complexity index is 609. The maximum Gasteiger partial charge on any atom is 0.191 e. The van der Waals surface area contributed by atoms with E-state index >= 15 is 0 Å². The summed E-state index contributed by atoms with van der Waals surface area (Å²) in [6.45, 7) is 1.51. The molecule has 0 aliphatic rings. The van der Waals surface area contributed by atoms with Crippen LogP contribution in [-0.4, -0.2) is 36.4 Å². The molecule has 1 aromatic heterocycles. The molecular formula is C16H24IN5O. The molecule has 1 aromatic carbocycles. The van der Waals surface area contributed by atoms with Crippen molar-refractivity contribution in [3.8, 4) is 5.75 Å². The molecule has 2 rings (SSSR count). The first-order valence-corrected chi connectivity index (χ1v) is 7.27. The Hall–Kier alpha value is -1.77. The molecule has 0 unspecified atom stereocenters. The van der Waals surface area contributed by atoms with Gasteiger partial charge in [0.05, 0.1) is 19.3 Å². The summed E-state index contributed by atoms with van der Waals surface area (Å²) in [5.41, 5.74) is 2.37. The molecule has 7 heteroatoms. The molecule has 0 saturated carbocycles. The molecule has 0 saturated heterocycles. The molecule has 126 valence electrons. The fourth-order valence-corrected chi connectivity index (χ4v) is 2.09. The number of halogens is 1. The van der Waals surface area contributed by atoms with E-state index in [-0.39, 0.29) is 24.0 Å². The van der Waals surface area contributed by atoms with Crippen LogP contribution in [0.1, 0.15) is 11.3 Å². The smallest absolute Gasteiger partial charge is 0.191 e. The van der Waals surface area contributed by atoms with Crippen LogP contribution in [-0.2, 0) is 20.0 Å². The Labute approximate surface area is 154 Å². The minimum atomic E-state index is 0. The lowest BCUT2D eigenvalue weighted by Crippen LogP contribution is -2.38. The SMILES string of the molecule is CN=C(NCCc1ccc(OC)cc1)NCc1ccnn1C.I. The molecule has 0 amide bonds. The van der Waals surface area contributed by atoms with Crippen molar-refractivity contribution in [1.29, 1.82) is 0 Å². The number of nitrogens with one attached hydrogen (secondary N) is 2. The molecule has 0 fully saturated rings. The number of guanidine groups is 1. The number of aliphatic imine (C=N–C) groups is 1. The summed E-state index contributed by atoms with van der Waals surface area (Å²) in [6, 6.07) is 10.1. The zero-order valence-corrected chi connectivity index (χ0v) is 16.1. The zero-order chi connectivity index (χ0) is 15.8. The molecule has 0 atom stereocenters. The fraction of sp³-hybridized carbons (Fsp3) is 0.375. The number of hydrogen-bond acceptors (Lipinski definition) is 3. The highest BCUT2D eigenvalue weighted by Gasteiger charge is 2.01. The Kier molecular flexibility index (Phi) is 8.46. The summed E-state index contributed by atoms with van der Waals surface area (Å²) in [5, 5.41) is 10.7. The highest BCUT2D eigenvalue weighted by atomic mass is 127. The van der Waals surface area contributed by atoms with Crippen molar-refractivity contribution in [2.24, 2.45) is 12.0 Å². The van der Waals surface area contributed by atoms with Gasteiger partial charge in [-0.1, -0.05) is 12.1 Å². The summed E-state index contributed by atoms with van der Waals surface area (Å²) in [6.07, 6.45) is 2.72.